The minimum Gasteiger partial charge on any atom is -0.466 e. The molecule has 65 heavy (non-hydrogen) atoms. The van der Waals surface area contributed by atoms with Crippen LogP contribution in [0.5, 0.6) is 0 Å². The van der Waals surface area contributed by atoms with Gasteiger partial charge < -0.3 is 20.3 Å². The summed E-state index contributed by atoms with van der Waals surface area (Å²) in [5, 5.41) is 23.3. The van der Waals surface area contributed by atoms with Crippen LogP contribution in [-0.2, 0) is 14.3 Å². The van der Waals surface area contributed by atoms with E-state index in [9.17, 15) is 19.8 Å². The summed E-state index contributed by atoms with van der Waals surface area (Å²) in [6.07, 6.45) is 67.0. The monoisotopic (exact) mass is 914 g/mol. The predicted molar refractivity (Wildman–Crippen MR) is 283 cm³/mol. The van der Waals surface area contributed by atoms with E-state index in [4.69, 9.17) is 4.74 Å². The van der Waals surface area contributed by atoms with Crippen molar-refractivity contribution in [2.24, 2.45) is 0 Å². The number of allylic oxidation sites excluding steroid dienone is 6. The van der Waals surface area contributed by atoms with Crippen LogP contribution in [-0.4, -0.2) is 47.4 Å². The highest BCUT2D eigenvalue weighted by Crippen LogP contribution is 2.17. The summed E-state index contributed by atoms with van der Waals surface area (Å²) in [6.45, 7) is 4.90. The Balaban J connectivity index is 3.45. The number of ether oxygens (including phenoxy) is 1. The first-order chi connectivity index (χ1) is 32.0. The summed E-state index contributed by atoms with van der Waals surface area (Å²) < 4.78 is 5.46. The zero-order valence-electron chi connectivity index (χ0n) is 43.5. The van der Waals surface area contributed by atoms with E-state index in [0.29, 0.717) is 25.9 Å². The molecule has 0 aromatic rings. The number of nitrogens with one attached hydrogen (secondary N) is 1. The Bertz CT molecular complexity index is 1060. The number of hydrogen-bond acceptors (Lipinski definition) is 5. The second-order valence-corrected chi connectivity index (χ2v) is 19.6. The van der Waals surface area contributed by atoms with Crippen molar-refractivity contribution in [2.45, 2.75) is 315 Å². The van der Waals surface area contributed by atoms with Gasteiger partial charge in [0.2, 0.25) is 5.91 Å². The SMILES string of the molecule is CCCC/C=C\C/C=C\CCCCCCCC(=O)OCCCCCCCCCC/C=C\CCCCCCCCCC(=O)NC(CO)C(O)CCCCCCCCCCCCCCCCC. The van der Waals surface area contributed by atoms with Crippen molar-refractivity contribution in [3.63, 3.8) is 0 Å². The third kappa shape index (κ3) is 51.3. The van der Waals surface area contributed by atoms with Crippen molar-refractivity contribution in [3.05, 3.63) is 36.5 Å². The van der Waals surface area contributed by atoms with Crippen LogP contribution >= 0.6 is 0 Å². The van der Waals surface area contributed by atoms with Gasteiger partial charge in [-0.25, -0.2) is 0 Å². The van der Waals surface area contributed by atoms with Crippen LogP contribution in [0.4, 0.5) is 0 Å². The fourth-order valence-corrected chi connectivity index (χ4v) is 8.71. The molecule has 2 unspecified atom stereocenters. The van der Waals surface area contributed by atoms with Gasteiger partial charge in [-0.15, -0.1) is 0 Å². The van der Waals surface area contributed by atoms with E-state index in [1.807, 2.05) is 0 Å². The molecule has 1 amide bonds. The molecule has 0 radical (unpaired) electrons. The molecule has 0 aliphatic rings. The number of carbonyl (C=O) groups excluding carboxylic acids is 2. The topological polar surface area (TPSA) is 95.9 Å². The first-order valence-electron chi connectivity index (χ1n) is 28.7. The van der Waals surface area contributed by atoms with E-state index >= 15 is 0 Å². The molecule has 0 spiro atoms. The maximum atomic E-state index is 12.5. The summed E-state index contributed by atoms with van der Waals surface area (Å²) in [7, 11) is 0. The summed E-state index contributed by atoms with van der Waals surface area (Å²) in [4.78, 5) is 24.5. The van der Waals surface area contributed by atoms with Crippen LogP contribution in [0.15, 0.2) is 36.5 Å². The Morgan fingerprint density at radius 2 is 0.785 bits per heavy atom. The highest BCUT2D eigenvalue weighted by atomic mass is 16.5. The maximum Gasteiger partial charge on any atom is 0.305 e. The first kappa shape index (κ1) is 63.1. The molecule has 3 N–H and O–H groups in total. The number of esters is 1. The van der Waals surface area contributed by atoms with E-state index < -0.39 is 12.1 Å². The van der Waals surface area contributed by atoms with Gasteiger partial charge in [-0.3, -0.25) is 9.59 Å². The number of hydrogen-bond donors (Lipinski definition) is 3. The summed E-state index contributed by atoms with van der Waals surface area (Å²) in [6, 6.07) is -0.549. The second-order valence-electron chi connectivity index (χ2n) is 19.6. The molecule has 382 valence electrons. The van der Waals surface area contributed by atoms with Gasteiger partial charge in [-0.1, -0.05) is 249 Å². The first-order valence-corrected chi connectivity index (χ1v) is 28.7. The highest BCUT2D eigenvalue weighted by Gasteiger charge is 2.20. The highest BCUT2D eigenvalue weighted by molar-refractivity contribution is 5.76. The summed E-state index contributed by atoms with van der Waals surface area (Å²) in [5.41, 5.74) is 0. The van der Waals surface area contributed by atoms with Crippen LogP contribution in [0, 0.1) is 0 Å². The zero-order valence-corrected chi connectivity index (χ0v) is 43.5. The van der Waals surface area contributed by atoms with Gasteiger partial charge in [-0.05, 0) is 77.0 Å². The number of aliphatic hydroxyl groups is 2. The molecule has 0 saturated carbocycles. The lowest BCUT2D eigenvalue weighted by Crippen LogP contribution is -2.45. The number of aliphatic hydroxyl groups excluding tert-OH is 2. The molecular weight excluding hydrogens is 803 g/mol. The van der Waals surface area contributed by atoms with Crippen LogP contribution in [0.1, 0.15) is 303 Å². The molecule has 0 heterocycles. The molecular formula is C59H111NO5. The standard InChI is InChI=1S/C59H111NO5/c1-3-5-7-9-11-13-15-17-24-27-31-35-39-43-47-51-57(62)56(55-61)60-58(63)52-48-44-40-36-32-28-25-22-20-19-21-23-26-30-34-38-42-46-50-54-65-59(64)53-49-45-41-37-33-29-18-16-14-12-10-8-6-4-2/h10,12,16,18-20,56-57,61-62H,3-9,11,13-15,17,21-55H2,1-2H3,(H,60,63)/b12-10-,18-16-,20-19-. The molecule has 0 aromatic carbocycles. The van der Waals surface area contributed by atoms with Crippen LogP contribution in [0.3, 0.4) is 0 Å². The van der Waals surface area contributed by atoms with E-state index in [1.165, 1.54) is 212 Å². The number of carbonyl (C=O) groups is 2. The lowest BCUT2D eigenvalue weighted by molar-refractivity contribution is -0.143. The molecule has 2 atom stereocenters. The Labute approximate surface area is 404 Å². The van der Waals surface area contributed by atoms with Crippen LogP contribution in [0.25, 0.3) is 0 Å². The van der Waals surface area contributed by atoms with E-state index in [-0.39, 0.29) is 18.5 Å². The lowest BCUT2D eigenvalue weighted by atomic mass is 10.0. The quantitative estimate of drug-likeness (QED) is 0.0321. The predicted octanol–water partition coefficient (Wildman–Crippen LogP) is 17.6. The zero-order chi connectivity index (χ0) is 47.2. The van der Waals surface area contributed by atoms with Crippen molar-refractivity contribution in [1.29, 1.82) is 0 Å². The van der Waals surface area contributed by atoms with Crippen molar-refractivity contribution >= 4 is 11.9 Å². The van der Waals surface area contributed by atoms with Crippen molar-refractivity contribution in [3.8, 4) is 0 Å². The molecule has 6 heteroatoms. The lowest BCUT2D eigenvalue weighted by Gasteiger charge is -2.22. The van der Waals surface area contributed by atoms with Crippen LogP contribution < -0.4 is 5.32 Å². The molecule has 6 nitrogen and oxygen atoms in total. The number of unbranched alkanes of at least 4 members (excludes halogenated alkanes) is 36. The van der Waals surface area contributed by atoms with Gasteiger partial charge in [0, 0.05) is 12.8 Å². The summed E-state index contributed by atoms with van der Waals surface area (Å²) in [5.74, 6) is -0.0551. The van der Waals surface area contributed by atoms with Gasteiger partial charge in [0.1, 0.15) is 0 Å². The van der Waals surface area contributed by atoms with Gasteiger partial charge >= 0.3 is 5.97 Å². The van der Waals surface area contributed by atoms with Gasteiger partial charge in [0.25, 0.3) is 0 Å². The van der Waals surface area contributed by atoms with E-state index in [2.05, 4.69) is 55.6 Å². The summed E-state index contributed by atoms with van der Waals surface area (Å²) >= 11 is 0. The average Bonchev–Trinajstić information content (AvgIpc) is 3.31. The van der Waals surface area contributed by atoms with Crippen molar-refractivity contribution in [2.75, 3.05) is 13.2 Å². The van der Waals surface area contributed by atoms with Gasteiger partial charge in [0.15, 0.2) is 0 Å². The smallest absolute Gasteiger partial charge is 0.305 e. The minimum absolute atomic E-state index is 0.0108. The third-order valence-electron chi connectivity index (χ3n) is 13.2. The van der Waals surface area contributed by atoms with Gasteiger partial charge in [-0.2, -0.15) is 0 Å². The number of amides is 1. The minimum atomic E-state index is -0.671. The molecule has 0 aliphatic carbocycles. The van der Waals surface area contributed by atoms with Crippen LogP contribution in [0.2, 0.25) is 0 Å². The Hall–Kier alpha value is -1.92. The number of rotatable bonds is 53. The molecule has 0 rings (SSSR count). The molecule has 0 saturated heterocycles. The second kappa shape index (κ2) is 54.7. The Morgan fingerprint density at radius 1 is 0.431 bits per heavy atom. The molecule has 0 fully saturated rings. The van der Waals surface area contributed by atoms with Crippen molar-refractivity contribution < 1.29 is 24.5 Å². The molecule has 0 bridgehead atoms. The average molecular weight is 915 g/mol. The van der Waals surface area contributed by atoms with E-state index in [0.717, 1.165) is 57.8 Å². The third-order valence-corrected chi connectivity index (χ3v) is 13.2. The fourth-order valence-electron chi connectivity index (χ4n) is 8.71. The van der Waals surface area contributed by atoms with Crippen molar-refractivity contribution in [1.82, 2.24) is 5.32 Å². The van der Waals surface area contributed by atoms with E-state index in [1.54, 1.807) is 0 Å². The maximum absolute atomic E-state index is 12.5. The molecule has 0 aromatic heterocycles. The molecule has 0 aliphatic heterocycles. The Kier molecular flexibility index (Phi) is 53.1. The Morgan fingerprint density at radius 3 is 1.23 bits per heavy atom. The largest absolute Gasteiger partial charge is 0.466 e. The normalized spacial score (nSPS) is 12.9. The van der Waals surface area contributed by atoms with Gasteiger partial charge in [0.05, 0.1) is 25.4 Å². The fraction of sp³-hybridized carbons (Fsp3) is 0.864.